The van der Waals surface area contributed by atoms with Crippen LogP contribution in [0.5, 0.6) is 0 Å². The summed E-state index contributed by atoms with van der Waals surface area (Å²) in [6.07, 6.45) is 0.620. The summed E-state index contributed by atoms with van der Waals surface area (Å²) in [5.74, 6) is -1.66. The van der Waals surface area contributed by atoms with E-state index in [2.05, 4.69) is 5.32 Å². The molecule has 0 bridgehead atoms. The van der Waals surface area contributed by atoms with Crippen molar-refractivity contribution in [2.75, 3.05) is 5.75 Å². The van der Waals surface area contributed by atoms with Gasteiger partial charge in [0.1, 0.15) is 5.75 Å². The van der Waals surface area contributed by atoms with Crippen LogP contribution in [0.25, 0.3) is 0 Å². The van der Waals surface area contributed by atoms with Gasteiger partial charge in [-0.2, -0.15) is 0 Å². The first-order valence-corrected chi connectivity index (χ1v) is 7.05. The van der Waals surface area contributed by atoms with Crippen LogP contribution in [0.15, 0.2) is 0 Å². The molecule has 0 spiro atoms. The molecule has 1 amide bonds. The summed E-state index contributed by atoms with van der Waals surface area (Å²) >= 11 is 0. The predicted molar refractivity (Wildman–Crippen MR) is 64.7 cm³/mol. The monoisotopic (exact) mass is 264 g/mol. The number of hydrogen-bond acceptors (Lipinski definition) is 4. The van der Waals surface area contributed by atoms with Crippen molar-refractivity contribution < 1.29 is 18.0 Å². The zero-order chi connectivity index (χ0) is 13.9. The number of amides is 1. The average molecular weight is 264 g/mol. The predicted octanol–water partition coefficient (Wildman–Crippen LogP) is -0.215. The molecule has 0 unspecified atom stereocenters. The molecule has 7 heteroatoms. The largest absolute Gasteiger partial charge is 0.346 e. The topological polar surface area (TPSA) is 106 Å². The third-order valence-electron chi connectivity index (χ3n) is 2.67. The van der Waals surface area contributed by atoms with Crippen LogP contribution in [-0.4, -0.2) is 31.9 Å². The minimum Gasteiger partial charge on any atom is -0.346 e. The number of primary sulfonamides is 1. The summed E-state index contributed by atoms with van der Waals surface area (Å²) in [7, 11) is -3.85. The molecule has 0 aliphatic rings. The Labute approximate surface area is 102 Å². The van der Waals surface area contributed by atoms with E-state index >= 15 is 0 Å². The van der Waals surface area contributed by atoms with E-state index in [-0.39, 0.29) is 5.91 Å². The highest BCUT2D eigenvalue weighted by Gasteiger charge is 2.28. The van der Waals surface area contributed by atoms with Gasteiger partial charge in [-0.25, -0.2) is 13.6 Å². The number of rotatable bonds is 6. The number of ketones is 1. The number of nitrogens with two attached hydrogens (primary N) is 1. The third kappa shape index (κ3) is 5.78. The van der Waals surface area contributed by atoms with Gasteiger partial charge in [0.25, 0.3) is 0 Å². The maximum atomic E-state index is 11.7. The second-order valence-electron chi connectivity index (χ2n) is 4.71. The summed E-state index contributed by atoms with van der Waals surface area (Å²) in [4.78, 5) is 23.2. The number of nitrogens with one attached hydrogen (secondary N) is 1. The van der Waals surface area contributed by atoms with Gasteiger partial charge in [0.15, 0.2) is 5.78 Å². The molecular weight excluding hydrogens is 244 g/mol. The smallest absolute Gasteiger partial charge is 0.226 e. The fourth-order valence-electron chi connectivity index (χ4n) is 0.956. The molecule has 0 aliphatic carbocycles. The average Bonchev–Trinajstić information content (AvgIpc) is 2.14. The molecule has 100 valence electrons. The highest BCUT2D eigenvalue weighted by Crippen LogP contribution is 2.19. The maximum Gasteiger partial charge on any atom is 0.226 e. The summed E-state index contributed by atoms with van der Waals surface area (Å²) in [5, 5.41) is 7.24. The van der Waals surface area contributed by atoms with Crippen molar-refractivity contribution in [2.45, 2.75) is 40.2 Å². The van der Waals surface area contributed by atoms with Crippen molar-refractivity contribution in [1.82, 2.24) is 5.32 Å². The SMILES string of the molecule is CCC(C)(C)C(=O)N[C@@H](C)C(=O)CS(N)(=O)=O. The Balaban J connectivity index is 4.51. The number of carbonyl (C=O) groups excluding carboxylic acids is 2. The molecule has 17 heavy (non-hydrogen) atoms. The van der Waals surface area contributed by atoms with Crippen molar-refractivity contribution in [2.24, 2.45) is 10.6 Å². The number of carbonyl (C=O) groups is 2. The van der Waals surface area contributed by atoms with Crippen molar-refractivity contribution in [3.05, 3.63) is 0 Å². The lowest BCUT2D eigenvalue weighted by molar-refractivity contribution is -0.132. The lowest BCUT2D eigenvalue weighted by Gasteiger charge is -2.23. The second kappa shape index (κ2) is 5.59. The van der Waals surface area contributed by atoms with Gasteiger partial charge in [0.2, 0.25) is 15.9 Å². The molecule has 3 N–H and O–H groups in total. The van der Waals surface area contributed by atoms with Gasteiger partial charge in [-0.3, -0.25) is 9.59 Å². The Morgan fingerprint density at radius 3 is 2.18 bits per heavy atom. The Bertz CT molecular complexity index is 401. The molecule has 1 atom stereocenters. The Hall–Kier alpha value is -0.950. The van der Waals surface area contributed by atoms with E-state index in [1.165, 1.54) is 6.92 Å². The first-order chi connectivity index (χ1) is 7.49. The normalized spacial score (nSPS) is 14.2. The molecule has 0 aromatic heterocycles. The third-order valence-corrected chi connectivity index (χ3v) is 3.36. The fraction of sp³-hybridized carbons (Fsp3) is 0.800. The maximum absolute atomic E-state index is 11.7. The van der Waals surface area contributed by atoms with Gasteiger partial charge < -0.3 is 5.32 Å². The number of sulfonamides is 1. The summed E-state index contributed by atoms with van der Waals surface area (Å²) in [5.41, 5.74) is -0.587. The number of Topliss-reactive ketones (excluding diaryl/α,β-unsaturated/α-hetero) is 1. The molecule has 0 fully saturated rings. The van der Waals surface area contributed by atoms with Crippen LogP contribution >= 0.6 is 0 Å². The summed E-state index contributed by atoms with van der Waals surface area (Å²) in [6, 6.07) is -0.855. The van der Waals surface area contributed by atoms with Crippen LogP contribution in [-0.2, 0) is 19.6 Å². The molecule has 0 heterocycles. The molecule has 0 saturated heterocycles. The van der Waals surface area contributed by atoms with Crippen LogP contribution in [0.1, 0.15) is 34.1 Å². The summed E-state index contributed by atoms with van der Waals surface area (Å²) < 4.78 is 21.5. The quantitative estimate of drug-likeness (QED) is 0.692. The van der Waals surface area contributed by atoms with Gasteiger partial charge >= 0.3 is 0 Å². The van der Waals surface area contributed by atoms with Gasteiger partial charge in [-0.05, 0) is 13.3 Å². The molecule has 0 aliphatic heterocycles. The van der Waals surface area contributed by atoms with E-state index in [0.29, 0.717) is 6.42 Å². The Morgan fingerprint density at radius 2 is 1.82 bits per heavy atom. The van der Waals surface area contributed by atoms with E-state index < -0.39 is 33.0 Å². The molecule has 0 saturated carbocycles. The van der Waals surface area contributed by atoms with Crippen molar-refractivity contribution in [3.8, 4) is 0 Å². The standard InChI is InChI=1S/C10H20N2O4S/c1-5-10(3,4)9(14)12-7(2)8(13)6-17(11,15)16/h7H,5-6H2,1-4H3,(H,12,14)(H2,11,15,16)/t7-/m0/s1. The van der Waals surface area contributed by atoms with Gasteiger partial charge in [-0.15, -0.1) is 0 Å². The first-order valence-electron chi connectivity index (χ1n) is 5.33. The molecule has 0 aromatic rings. The van der Waals surface area contributed by atoms with Gasteiger partial charge in [0, 0.05) is 5.41 Å². The highest BCUT2D eigenvalue weighted by atomic mass is 32.2. The van der Waals surface area contributed by atoms with Crippen LogP contribution < -0.4 is 10.5 Å². The first kappa shape index (κ1) is 16.1. The lowest BCUT2D eigenvalue weighted by Crippen LogP contribution is -2.46. The van der Waals surface area contributed by atoms with E-state index in [0.717, 1.165) is 0 Å². The van der Waals surface area contributed by atoms with Gasteiger partial charge in [0.05, 0.1) is 6.04 Å². The minimum atomic E-state index is -3.85. The molecule has 0 aromatic carbocycles. The lowest BCUT2D eigenvalue weighted by atomic mass is 9.89. The van der Waals surface area contributed by atoms with E-state index in [4.69, 9.17) is 5.14 Å². The van der Waals surface area contributed by atoms with E-state index in [1.54, 1.807) is 13.8 Å². The van der Waals surface area contributed by atoms with E-state index in [1.807, 2.05) is 6.92 Å². The van der Waals surface area contributed by atoms with Gasteiger partial charge in [-0.1, -0.05) is 20.8 Å². The number of hydrogen-bond donors (Lipinski definition) is 2. The highest BCUT2D eigenvalue weighted by molar-refractivity contribution is 7.89. The van der Waals surface area contributed by atoms with Crippen molar-refractivity contribution in [1.29, 1.82) is 0 Å². The van der Waals surface area contributed by atoms with Crippen LogP contribution in [0.3, 0.4) is 0 Å². The summed E-state index contributed by atoms with van der Waals surface area (Å²) in [6.45, 7) is 6.80. The fourth-order valence-corrected chi connectivity index (χ4v) is 1.60. The van der Waals surface area contributed by atoms with Crippen molar-refractivity contribution in [3.63, 3.8) is 0 Å². The molecule has 0 radical (unpaired) electrons. The Kier molecular flexibility index (Phi) is 5.28. The Morgan fingerprint density at radius 1 is 1.35 bits per heavy atom. The van der Waals surface area contributed by atoms with Crippen LogP contribution in [0.4, 0.5) is 0 Å². The van der Waals surface area contributed by atoms with Crippen molar-refractivity contribution >= 4 is 21.7 Å². The zero-order valence-electron chi connectivity index (χ0n) is 10.6. The molecular formula is C10H20N2O4S. The molecule has 6 nitrogen and oxygen atoms in total. The second-order valence-corrected chi connectivity index (χ2v) is 6.32. The zero-order valence-corrected chi connectivity index (χ0v) is 11.4. The molecule has 0 rings (SSSR count). The van der Waals surface area contributed by atoms with E-state index in [9.17, 15) is 18.0 Å². The minimum absolute atomic E-state index is 0.282. The van der Waals surface area contributed by atoms with Crippen LogP contribution in [0, 0.1) is 5.41 Å². The van der Waals surface area contributed by atoms with Crippen LogP contribution in [0.2, 0.25) is 0 Å².